The number of aromatic amines is 1. The van der Waals surface area contributed by atoms with E-state index in [1.807, 2.05) is 12.2 Å². The van der Waals surface area contributed by atoms with Crippen molar-refractivity contribution in [3.8, 4) is 0 Å². The van der Waals surface area contributed by atoms with Gasteiger partial charge in [0.05, 0.1) is 17.7 Å². The fraction of sp³-hybridized carbons (Fsp3) is 0.400. The molecule has 5 heteroatoms. The van der Waals surface area contributed by atoms with Crippen LogP contribution in [0.15, 0.2) is 17.3 Å². The van der Waals surface area contributed by atoms with Crippen LogP contribution in [0.2, 0.25) is 0 Å². The molecular weight excluding hydrogens is 190 g/mol. The highest BCUT2D eigenvalue weighted by Gasteiger charge is 2.02. The predicted octanol–water partition coefficient (Wildman–Crippen LogP) is 0.787. The minimum atomic E-state index is 0.447. The Morgan fingerprint density at radius 1 is 1.60 bits per heavy atom. The van der Waals surface area contributed by atoms with Gasteiger partial charge >= 0.3 is 0 Å². The smallest absolute Gasteiger partial charge is 0.197 e. The number of aromatic nitrogens is 2. The number of nitrogen functional groups attached to an aromatic ring is 1. The van der Waals surface area contributed by atoms with Crippen molar-refractivity contribution >= 4 is 17.9 Å². The molecule has 0 saturated carbocycles. The minimum absolute atomic E-state index is 0.447. The van der Waals surface area contributed by atoms with Crippen molar-refractivity contribution < 1.29 is 0 Å². The molecule has 1 aliphatic heterocycles. The van der Waals surface area contributed by atoms with Crippen molar-refractivity contribution in [3.05, 3.63) is 18.0 Å². The number of nitrogens with two attached hydrogens (primary N) is 1. The number of rotatable bonds is 3. The normalized spacial score (nSPS) is 15.9. The number of aliphatic imine (C=N–C) groups is 1. The van der Waals surface area contributed by atoms with E-state index >= 15 is 0 Å². The largest absolute Gasteiger partial charge is 0.370 e. The third-order valence-corrected chi connectivity index (χ3v) is 2.21. The molecule has 0 unspecified atom stereocenters. The monoisotopic (exact) mass is 205 g/mol. The van der Waals surface area contributed by atoms with Gasteiger partial charge in [0.25, 0.3) is 0 Å². The van der Waals surface area contributed by atoms with E-state index in [1.165, 1.54) is 6.42 Å². The van der Waals surface area contributed by atoms with Crippen LogP contribution in [-0.2, 0) is 0 Å². The maximum absolute atomic E-state index is 5.45. The first kappa shape index (κ1) is 9.76. The van der Waals surface area contributed by atoms with E-state index in [-0.39, 0.29) is 0 Å². The zero-order valence-electron chi connectivity index (χ0n) is 8.53. The summed E-state index contributed by atoms with van der Waals surface area (Å²) in [6, 6.07) is 0. The summed E-state index contributed by atoms with van der Waals surface area (Å²) in [6.07, 6.45) is 7.92. The highest BCUT2D eigenvalue weighted by atomic mass is 15.0. The Kier molecular flexibility index (Phi) is 3.02. The lowest BCUT2D eigenvalue weighted by Gasteiger charge is -1.99. The first-order valence-corrected chi connectivity index (χ1v) is 5.09. The van der Waals surface area contributed by atoms with Crippen molar-refractivity contribution in [2.45, 2.75) is 12.8 Å². The molecule has 0 radical (unpaired) electrons. The summed E-state index contributed by atoms with van der Waals surface area (Å²) in [4.78, 5) is 11.1. The summed E-state index contributed by atoms with van der Waals surface area (Å²) in [7, 11) is 0. The van der Waals surface area contributed by atoms with Crippen LogP contribution in [-0.4, -0.2) is 28.9 Å². The van der Waals surface area contributed by atoms with E-state index in [4.69, 9.17) is 5.73 Å². The molecule has 1 aliphatic rings. The topological polar surface area (TPSA) is 79.1 Å². The molecular formula is C10H15N5. The van der Waals surface area contributed by atoms with Crippen LogP contribution in [0.5, 0.6) is 0 Å². The second-order valence-electron chi connectivity index (χ2n) is 3.44. The van der Waals surface area contributed by atoms with E-state index in [9.17, 15) is 0 Å². The second-order valence-corrected chi connectivity index (χ2v) is 3.44. The SMILES string of the molecule is Nc1ncc(/C=C\CNC2=NCCC2)[nH]1. The first-order valence-electron chi connectivity index (χ1n) is 5.09. The zero-order valence-corrected chi connectivity index (χ0v) is 8.53. The summed E-state index contributed by atoms with van der Waals surface area (Å²) in [5.41, 5.74) is 6.37. The molecule has 1 aromatic rings. The maximum atomic E-state index is 5.45. The number of anilines is 1. The third-order valence-electron chi connectivity index (χ3n) is 2.21. The molecule has 2 heterocycles. The molecule has 4 N–H and O–H groups in total. The second kappa shape index (κ2) is 4.63. The molecule has 5 nitrogen and oxygen atoms in total. The van der Waals surface area contributed by atoms with Crippen LogP contribution in [0.4, 0.5) is 5.95 Å². The maximum Gasteiger partial charge on any atom is 0.197 e. The molecule has 15 heavy (non-hydrogen) atoms. The van der Waals surface area contributed by atoms with Crippen LogP contribution in [0.3, 0.4) is 0 Å². The fourth-order valence-electron chi connectivity index (χ4n) is 1.48. The molecule has 0 aliphatic carbocycles. The van der Waals surface area contributed by atoms with Crippen LogP contribution >= 0.6 is 0 Å². The van der Waals surface area contributed by atoms with Gasteiger partial charge in [-0.1, -0.05) is 6.08 Å². The quantitative estimate of drug-likeness (QED) is 0.682. The third kappa shape index (κ3) is 2.83. The Hall–Kier alpha value is -1.78. The summed E-state index contributed by atoms with van der Waals surface area (Å²) in [6.45, 7) is 1.75. The average molecular weight is 205 g/mol. The van der Waals surface area contributed by atoms with Gasteiger partial charge in [0.1, 0.15) is 0 Å². The Bertz CT molecular complexity index is 377. The number of nitrogens with one attached hydrogen (secondary N) is 2. The van der Waals surface area contributed by atoms with Crippen LogP contribution in [0.1, 0.15) is 18.5 Å². The fourth-order valence-corrected chi connectivity index (χ4v) is 1.48. The molecule has 0 atom stereocenters. The van der Waals surface area contributed by atoms with Gasteiger partial charge in [0.2, 0.25) is 0 Å². The lowest BCUT2D eigenvalue weighted by atomic mass is 10.3. The van der Waals surface area contributed by atoms with Crippen molar-refractivity contribution in [3.63, 3.8) is 0 Å². The van der Waals surface area contributed by atoms with Gasteiger partial charge in [-0.15, -0.1) is 0 Å². The van der Waals surface area contributed by atoms with E-state index in [0.717, 1.165) is 31.0 Å². The zero-order chi connectivity index (χ0) is 10.5. The number of imidazole rings is 1. The highest BCUT2D eigenvalue weighted by molar-refractivity contribution is 5.83. The van der Waals surface area contributed by atoms with Crippen molar-refractivity contribution in [2.75, 3.05) is 18.8 Å². The molecule has 1 aromatic heterocycles. The van der Waals surface area contributed by atoms with E-state index in [1.54, 1.807) is 6.20 Å². The molecule has 0 spiro atoms. The van der Waals surface area contributed by atoms with Crippen LogP contribution in [0, 0.1) is 0 Å². The predicted molar refractivity (Wildman–Crippen MR) is 61.6 cm³/mol. The number of hydrogen-bond donors (Lipinski definition) is 3. The van der Waals surface area contributed by atoms with Crippen LogP contribution < -0.4 is 11.1 Å². The minimum Gasteiger partial charge on any atom is -0.370 e. The number of nitrogens with zero attached hydrogens (tertiary/aromatic N) is 2. The van der Waals surface area contributed by atoms with Gasteiger partial charge in [-0.25, -0.2) is 4.98 Å². The van der Waals surface area contributed by atoms with Crippen molar-refractivity contribution in [2.24, 2.45) is 4.99 Å². The van der Waals surface area contributed by atoms with Gasteiger partial charge in [0, 0.05) is 19.5 Å². The van der Waals surface area contributed by atoms with Gasteiger partial charge in [-0.05, 0) is 12.5 Å². The molecule has 0 aromatic carbocycles. The summed E-state index contributed by atoms with van der Waals surface area (Å²) >= 11 is 0. The number of hydrogen-bond acceptors (Lipinski definition) is 4. The summed E-state index contributed by atoms with van der Waals surface area (Å²) in [5, 5.41) is 3.26. The Morgan fingerprint density at radius 2 is 2.53 bits per heavy atom. The van der Waals surface area contributed by atoms with Gasteiger partial charge in [-0.3, -0.25) is 4.99 Å². The van der Waals surface area contributed by atoms with Crippen LogP contribution in [0.25, 0.3) is 6.08 Å². The highest BCUT2D eigenvalue weighted by Crippen LogP contribution is 2.01. The van der Waals surface area contributed by atoms with Gasteiger partial charge in [0.15, 0.2) is 5.95 Å². The van der Waals surface area contributed by atoms with Crippen molar-refractivity contribution in [1.82, 2.24) is 15.3 Å². The van der Waals surface area contributed by atoms with E-state index < -0.39 is 0 Å². The first-order chi connectivity index (χ1) is 7.34. The Morgan fingerprint density at radius 3 is 3.20 bits per heavy atom. The van der Waals surface area contributed by atoms with Gasteiger partial charge in [-0.2, -0.15) is 0 Å². The standard InChI is InChI=1S/C10H15N5/c11-10-14-7-8(15-10)3-1-5-12-9-4-2-6-13-9/h1,3,7H,2,4-6H2,(H,12,13)(H3,11,14,15)/b3-1-. The summed E-state index contributed by atoms with van der Waals surface area (Å²) in [5.74, 6) is 1.56. The number of amidine groups is 1. The average Bonchev–Trinajstić information content (AvgIpc) is 2.84. The Balaban J connectivity index is 1.75. The lowest BCUT2D eigenvalue weighted by Crippen LogP contribution is -2.20. The Labute approximate surface area is 88.5 Å². The molecule has 0 bridgehead atoms. The number of H-pyrrole nitrogens is 1. The molecule has 0 amide bonds. The molecule has 0 fully saturated rings. The molecule has 0 saturated heterocycles. The molecule has 80 valence electrons. The summed E-state index contributed by atoms with van der Waals surface area (Å²) < 4.78 is 0. The van der Waals surface area contributed by atoms with E-state index in [0.29, 0.717) is 5.95 Å². The van der Waals surface area contributed by atoms with E-state index in [2.05, 4.69) is 20.3 Å². The lowest BCUT2D eigenvalue weighted by molar-refractivity contribution is 0.939. The molecule has 2 rings (SSSR count). The van der Waals surface area contributed by atoms with Gasteiger partial charge < -0.3 is 16.0 Å². The van der Waals surface area contributed by atoms with Crippen molar-refractivity contribution in [1.29, 1.82) is 0 Å².